The van der Waals surface area contributed by atoms with Crippen molar-refractivity contribution < 1.29 is 9.47 Å². The van der Waals surface area contributed by atoms with Crippen LogP contribution in [0.3, 0.4) is 0 Å². The van der Waals surface area contributed by atoms with E-state index < -0.39 is 0 Å². The molecule has 0 aromatic rings. The molecule has 0 N–H and O–H groups in total. The van der Waals surface area contributed by atoms with Crippen LogP contribution in [0.25, 0.3) is 0 Å². The molecule has 1 heterocycles. The fraction of sp³-hybridized carbons (Fsp3) is 1.00. The highest BCUT2D eigenvalue weighted by Crippen LogP contribution is 2.38. The lowest BCUT2D eigenvalue weighted by Crippen LogP contribution is -2.35. The Labute approximate surface area is 84.4 Å². The van der Waals surface area contributed by atoms with E-state index in [0.29, 0.717) is 0 Å². The van der Waals surface area contributed by atoms with Gasteiger partial charge in [-0.25, -0.2) is 0 Å². The van der Waals surface area contributed by atoms with Gasteiger partial charge in [0, 0.05) is 12.8 Å². The molecule has 1 aliphatic heterocycles. The van der Waals surface area contributed by atoms with Crippen LogP contribution < -0.4 is 0 Å². The van der Waals surface area contributed by atoms with Gasteiger partial charge in [-0.1, -0.05) is 0 Å². The summed E-state index contributed by atoms with van der Waals surface area (Å²) in [6, 6.07) is 0. The minimum Gasteiger partial charge on any atom is -0.348 e. The van der Waals surface area contributed by atoms with E-state index in [2.05, 4.69) is 6.26 Å². The van der Waals surface area contributed by atoms with Gasteiger partial charge in [0.25, 0.3) is 0 Å². The zero-order valence-electron chi connectivity index (χ0n) is 8.25. The first-order valence-electron chi connectivity index (χ1n) is 5.11. The Kier molecular flexibility index (Phi) is 3.17. The third kappa shape index (κ3) is 2.20. The van der Waals surface area contributed by atoms with E-state index in [1.54, 1.807) is 0 Å². The number of rotatable bonds is 2. The van der Waals surface area contributed by atoms with Crippen LogP contribution in [0.2, 0.25) is 0 Å². The Hall–Kier alpha value is 0.270. The summed E-state index contributed by atoms with van der Waals surface area (Å²) in [6.45, 7) is 1.60. The average molecular weight is 202 g/mol. The van der Waals surface area contributed by atoms with Gasteiger partial charge in [-0.2, -0.15) is 11.8 Å². The molecule has 3 heteroatoms. The van der Waals surface area contributed by atoms with E-state index in [1.807, 2.05) is 11.8 Å². The number of ether oxygens (including phenoxy) is 2. The zero-order chi connectivity index (χ0) is 9.15. The molecule has 2 aliphatic rings. The third-order valence-corrected chi connectivity index (χ3v) is 3.89. The second-order valence-electron chi connectivity index (χ2n) is 4.01. The lowest BCUT2D eigenvalue weighted by atomic mass is 9.86. The van der Waals surface area contributed by atoms with Crippen LogP contribution in [-0.4, -0.2) is 31.0 Å². The van der Waals surface area contributed by atoms with Crippen LogP contribution in [-0.2, 0) is 9.47 Å². The van der Waals surface area contributed by atoms with Crippen molar-refractivity contribution in [1.29, 1.82) is 0 Å². The summed E-state index contributed by atoms with van der Waals surface area (Å²) < 4.78 is 11.4. The van der Waals surface area contributed by atoms with E-state index in [9.17, 15) is 0 Å². The summed E-state index contributed by atoms with van der Waals surface area (Å²) in [5, 5.41) is 0. The van der Waals surface area contributed by atoms with Crippen molar-refractivity contribution in [3.63, 3.8) is 0 Å². The second kappa shape index (κ2) is 4.20. The van der Waals surface area contributed by atoms with Crippen molar-refractivity contribution in [2.75, 3.05) is 25.2 Å². The van der Waals surface area contributed by atoms with Gasteiger partial charge in [0.05, 0.1) is 13.2 Å². The van der Waals surface area contributed by atoms with Gasteiger partial charge in [0.15, 0.2) is 5.79 Å². The van der Waals surface area contributed by atoms with Crippen molar-refractivity contribution >= 4 is 11.8 Å². The maximum absolute atomic E-state index is 5.68. The van der Waals surface area contributed by atoms with E-state index >= 15 is 0 Å². The molecular weight excluding hydrogens is 184 g/mol. The number of thioether (sulfide) groups is 1. The third-order valence-electron chi connectivity index (χ3n) is 3.08. The molecule has 2 fully saturated rings. The summed E-state index contributed by atoms with van der Waals surface area (Å²) in [6.07, 6.45) is 6.96. The lowest BCUT2D eigenvalue weighted by molar-refractivity contribution is -0.181. The van der Waals surface area contributed by atoms with Gasteiger partial charge < -0.3 is 9.47 Å². The molecular formula is C10H18O2S. The fourth-order valence-electron chi connectivity index (χ4n) is 2.31. The largest absolute Gasteiger partial charge is 0.348 e. The Bertz CT molecular complexity index is 156. The zero-order valence-corrected chi connectivity index (χ0v) is 9.07. The van der Waals surface area contributed by atoms with Gasteiger partial charge in [-0.3, -0.25) is 0 Å². The van der Waals surface area contributed by atoms with Crippen LogP contribution in [0.1, 0.15) is 25.7 Å². The highest BCUT2D eigenvalue weighted by Gasteiger charge is 2.39. The molecule has 1 saturated heterocycles. The van der Waals surface area contributed by atoms with Gasteiger partial charge in [0.2, 0.25) is 0 Å². The Morgan fingerprint density at radius 3 is 2.38 bits per heavy atom. The predicted octanol–water partition coefficient (Wildman–Crippen LogP) is 2.28. The van der Waals surface area contributed by atoms with Crippen molar-refractivity contribution in [2.24, 2.45) is 5.92 Å². The highest BCUT2D eigenvalue weighted by molar-refractivity contribution is 7.98. The van der Waals surface area contributed by atoms with Crippen molar-refractivity contribution in [2.45, 2.75) is 31.5 Å². The first-order valence-corrected chi connectivity index (χ1v) is 6.51. The van der Waals surface area contributed by atoms with E-state index in [0.717, 1.165) is 32.0 Å². The van der Waals surface area contributed by atoms with E-state index in [4.69, 9.17) is 9.47 Å². The molecule has 2 nitrogen and oxygen atoms in total. The number of hydrogen-bond acceptors (Lipinski definition) is 3. The summed E-state index contributed by atoms with van der Waals surface area (Å²) >= 11 is 1.96. The van der Waals surface area contributed by atoms with Crippen LogP contribution in [0.15, 0.2) is 0 Å². The van der Waals surface area contributed by atoms with Gasteiger partial charge >= 0.3 is 0 Å². The normalized spacial score (nSPS) is 28.4. The monoisotopic (exact) mass is 202 g/mol. The first-order chi connectivity index (χ1) is 6.35. The molecule has 0 bridgehead atoms. The maximum atomic E-state index is 5.68. The molecule has 2 rings (SSSR count). The molecule has 0 aromatic carbocycles. The second-order valence-corrected chi connectivity index (χ2v) is 4.92. The molecule has 0 radical (unpaired) electrons. The summed E-state index contributed by atoms with van der Waals surface area (Å²) in [4.78, 5) is 0. The van der Waals surface area contributed by atoms with Crippen LogP contribution >= 0.6 is 11.8 Å². The predicted molar refractivity (Wildman–Crippen MR) is 55.0 cm³/mol. The molecule has 1 spiro atoms. The van der Waals surface area contributed by atoms with Crippen molar-refractivity contribution in [3.05, 3.63) is 0 Å². The summed E-state index contributed by atoms with van der Waals surface area (Å²) in [7, 11) is 0. The Balaban J connectivity index is 1.81. The molecule has 76 valence electrons. The van der Waals surface area contributed by atoms with Crippen LogP contribution in [0, 0.1) is 5.92 Å². The van der Waals surface area contributed by atoms with Gasteiger partial charge in [0.1, 0.15) is 0 Å². The molecule has 0 atom stereocenters. The first kappa shape index (κ1) is 9.81. The summed E-state index contributed by atoms with van der Waals surface area (Å²) in [5.41, 5.74) is 0. The molecule has 0 amide bonds. The Morgan fingerprint density at radius 1 is 1.23 bits per heavy atom. The molecule has 13 heavy (non-hydrogen) atoms. The smallest absolute Gasteiger partial charge is 0.168 e. The molecule has 0 unspecified atom stereocenters. The fourth-order valence-corrected chi connectivity index (χ4v) is 3.11. The SMILES string of the molecule is CSCC1CCC2(CC1)OCCO2. The minimum atomic E-state index is -0.158. The minimum absolute atomic E-state index is 0.158. The molecule has 0 aromatic heterocycles. The van der Waals surface area contributed by atoms with Crippen molar-refractivity contribution in [3.8, 4) is 0 Å². The molecule has 1 saturated carbocycles. The highest BCUT2D eigenvalue weighted by atomic mass is 32.2. The van der Waals surface area contributed by atoms with Crippen LogP contribution in [0.5, 0.6) is 0 Å². The average Bonchev–Trinajstić information content (AvgIpc) is 2.59. The van der Waals surface area contributed by atoms with E-state index in [-0.39, 0.29) is 5.79 Å². The maximum Gasteiger partial charge on any atom is 0.168 e. The molecule has 1 aliphatic carbocycles. The Morgan fingerprint density at radius 2 is 1.85 bits per heavy atom. The summed E-state index contributed by atoms with van der Waals surface area (Å²) in [5.74, 6) is 2.04. The van der Waals surface area contributed by atoms with Gasteiger partial charge in [-0.05, 0) is 30.8 Å². The standard InChI is InChI=1S/C10H18O2S/c1-13-8-9-2-4-10(5-3-9)11-6-7-12-10/h9H,2-8H2,1H3. The van der Waals surface area contributed by atoms with Gasteiger partial charge in [-0.15, -0.1) is 0 Å². The quantitative estimate of drug-likeness (QED) is 0.684. The lowest BCUT2D eigenvalue weighted by Gasteiger charge is -2.35. The van der Waals surface area contributed by atoms with Crippen LogP contribution in [0.4, 0.5) is 0 Å². The topological polar surface area (TPSA) is 18.5 Å². The van der Waals surface area contributed by atoms with E-state index in [1.165, 1.54) is 18.6 Å². The van der Waals surface area contributed by atoms with Crippen molar-refractivity contribution in [1.82, 2.24) is 0 Å². The number of hydrogen-bond donors (Lipinski definition) is 0.